The number of sulfone groups is 1. The highest BCUT2D eigenvalue weighted by molar-refractivity contribution is 7.90. The number of nitrogens with one attached hydrogen (secondary N) is 1. The molecule has 1 amide bonds. The van der Waals surface area contributed by atoms with E-state index in [1.807, 2.05) is 0 Å². The van der Waals surface area contributed by atoms with E-state index in [4.69, 9.17) is 11.6 Å². The summed E-state index contributed by atoms with van der Waals surface area (Å²) in [5.41, 5.74) is 1.48. The van der Waals surface area contributed by atoms with Gasteiger partial charge in [0.05, 0.1) is 16.8 Å². The molecule has 0 unspecified atom stereocenters. The molecule has 1 aromatic heterocycles. The summed E-state index contributed by atoms with van der Waals surface area (Å²) in [4.78, 5) is 16.2. The molecular formula is C14H13ClN2O3S. The number of hydrogen-bond donors (Lipinski definition) is 1. The number of aryl methyl sites for hydroxylation is 1. The Bertz CT molecular complexity index is 804. The van der Waals surface area contributed by atoms with Crippen molar-refractivity contribution in [3.8, 4) is 0 Å². The molecule has 5 nitrogen and oxygen atoms in total. The predicted octanol–water partition coefficient (Wildman–Crippen LogP) is 2.70. The Balaban J connectivity index is 2.26. The van der Waals surface area contributed by atoms with Crippen molar-refractivity contribution in [1.82, 2.24) is 4.98 Å². The topological polar surface area (TPSA) is 76.1 Å². The molecule has 21 heavy (non-hydrogen) atoms. The van der Waals surface area contributed by atoms with Crippen molar-refractivity contribution >= 4 is 33.0 Å². The number of hydrogen-bond acceptors (Lipinski definition) is 4. The van der Waals surface area contributed by atoms with Crippen LogP contribution < -0.4 is 5.32 Å². The quantitative estimate of drug-likeness (QED) is 0.881. The van der Waals surface area contributed by atoms with Crippen LogP contribution in [0.1, 0.15) is 15.9 Å². The fraction of sp³-hybridized carbons (Fsp3) is 0.143. The van der Waals surface area contributed by atoms with Gasteiger partial charge in [0, 0.05) is 11.8 Å². The maximum atomic E-state index is 12.1. The second kappa shape index (κ2) is 5.83. The molecule has 0 aliphatic rings. The van der Waals surface area contributed by atoms with Crippen LogP contribution in [0.3, 0.4) is 0 Å². The molecule has 2 aromatic rings. The standard InChI is InChI=1S/C14H13ClN2O3S/c1-9-6-11(8-16-13(9)15)17-14(18)10-4-3-5-12(7-10)21(2,19)20/h3-8H,1-2H3,(H,17,18). The number of amides is 1. The third kappa shape index (κ3) is 3.80. The van der Waals surface area contributed by atoms with Gasteiger partial charge in [-0.2, -0.15) is 0 Å². The van der Waals surface area contributed by atoms with Crippen LogP contribution in [-0.2, 0) is 9.84 Å². The molecule has 0 radical (unpaired) electrons. The van der Waals surface area contributed by atoms with Crippen molar-refractivity contribution in [2.45, 2.75) is 11.8 Å². The van der Waals surface area contributed by atoms with Gasteiger partial charge in [0.25, 0.3) is 5.91 Å². The third-order valence-corrected chi connectivity index (χ3v) is 4.30. The number of nitrogens with zero attached hydrogens (tertiary/aromatic N) is 1. The first kappa shape index (κ1) is 15.5. The second-order valence-corrected chi connectivity index (χ2v) is 6.96. The van der Waals surface area contributed by atoms with Crippen LogP contribution in [0.4, 0.5) is 5.69 Å². The second-order valence-electron chi connectivity index (χ2n) is 4.59. The molecule has 0 aliphatic carbocycles. The lowest BCUT2D eigenvalue weighted by Crippen LogP contribution is -2.13. The summed E-state index contributed by atoms with van der Waals surface area (Å²) >= 11 is 5.81. The number of carbonyl (C=O) groups is 1. The number of anilines is 1. The summed E-state index contributed by atoms with van der Waals surface area (Å²) < 4.78 is 23.0. The van der Waals surface area contributed by atoms with E-state index in [0.717, 1.165) is 11.8 Å². The molecule has 0 bridgehead atoms. The fourth-order valence-electron chi connectivity index (χ4n) is 1.70. The van der Waals surface area contributed by atoms with Crippen molar-refractivity contribution < 1.29 is 13.2 Å². The lowest BCUT2D eigenvalue weighted by Gasteiger charge is -2.07. The monoisotopic (exact) mass is 324 g/mol. The zero-order chi connectivity index (χ0) is 15.6. The average molecular weight is 325 g/mol. The molecule has 1 aromatic carbocycles. The van der Waals surface area contributed by atoms with Crippen LogP contribution in [0.5, 0.6) is 0 Å². The fourth-order valence-corrected chi connectivity index (χ4v) is 2.47. The van der Waals surface area contributed by atoms with E-state index in [1.54, 1.807) is 19.1 Å². The average Bonchev–Trinajstić information content (AvgIpc) is 2.42. The van der Waals surface area contributed by atoms with Gasteiger partial charge in [-0.1, -0.05) is 17.7 Å². The molecule has 0 saturated carbocycles. The van der Waals surface area contributed by atoms with Gasteiger partial charge < -0.3 is 5.32 Å². The van der Waals surface area contributed by atoms with Crippen LogP contribution in [0, 0.1) is 6.92 Å². The Morgan fingerprint density at radius 2 is 2.00 bits per heavy atom. The van der Waals surface area contributed by atoms with Gasteiger partial charge in [-0.3, -0.25) is 4.79 Å². The Kier molecular flexibility index (Phi) is 4.29. The van der Waals surface area contributed by atoms with E-state index < -0.39 is 15.7 Å². The molecule has 0 spiro atoms. The molecule has 110 valence electrons. The summed E-state index contributed by atoms with van der Waals surface area (Å²) in [5.74, 6) is -0.413. The highest BCUT2D eigenvalue weighted by Crippen LogP contribution is 2.17. The van der Waals surface area contributed by atoms with Gasteiger partial charge in [-0.05, 0) is 36.8 Å². The zero-order valence-electron chi connectivity index (χ0n) is 11.4. The Morgan fingerprint density at radius 1 is 1.29 bits per heavy atom. The van der Waals surface area contributed by atoms with E-state index in [1.165, 1.54) is 24.4 Å². The van der Waals surface area contributed by atoms with E-state index in [9.17, 15) is 13.2 Å². The molecule has 1 N–H and O–H groups in total. The number of benzene rings is 1. The van der Waals surface area contributed by atoms with Crippen LogP contribution in [0.2, 0.25) is 5.15 Å². The van der Waals surface area contributed by atoms with E-state index in [0.29, 0.717) is 10.8 Å². The molecule has 0 aliphatic heterocycles. The maximum Gasteiger partial charge on any atom is 0.255 e. The van der Waals surface area contributed by atoms with Gasteiger partial charge >= 0.3 is 0 Å². The van der Waals surface area contributed by atoms with E-state index >= 15 is 0 Å². The van der Waals surface area contributed by atoms with Crippen molar-refractivity contribution in [1.29, 1.82) is 0 Å². The maximum absolute atomic E-state index is 12.1. The van der Waals surface area contributed by atoms with Crippen LogP contribution in [0.25, 0.3) is 0 Å². The molecule has 2 rings (SSSR count). The first-order chi connectivity index (χ1) is 9.77. The molecule has 0 saturated heterocycles. The SMILES string of the molecule is Cc1cc(NC(=O)c2cccc(S(C)(=O)=O)c2)cnc1Cl. The smallest absolute Gasteiger partial charge is 0.255 e. The summed E-state index contributed by atoms with van der Waals surface area (Å²) in [6.07, 6.45) is 2.53. The lowest BCUT2D eigenvalue weighted by atomic mass is 10.2. The summed E-state index contributed by atoms with van der Waals surface area (Å²) in [7, 11) is -3.35. The van der Waals surface area contributed by atoms with Gasteiger partial charge in [-0.25, -0.2) is 13.4 Å². The minimum Gasteiger partial charge on any atom is -0.321 e. The van der Waals surface area contributed by atoms with Crippen molar-refractivity contribution in [3.63, 3.8) is 0 Å². The summed E-state index contributed by atoms with van der Waals surface area (Å²) in [5, 5.41) is 3.02. The number of pyridine rings is 1. The van der Waals surface area contributed by atoms with Gasteiger partial charge in [0.1, 0.15) is 5.15 Å². The van der Waals surface area contributed by atoms with Crippen LogP contribution in [0.15, 0.2) is 41.4 Å². The zero-order valence-corrected chi connectivity index (χ0v) is 13.0. The van der Waals surface area contributed by atoms with E-state index in [2.05, 4.69) is 10.3 Å². The Labute approximate surface area is 127 Å². The van der Waals surface area contributed by atoms with Crippen molar-refractivity contribution in [2.24, 2.45) is 0 Å². The van der Waals surface area contributed by atoms with E-state index in [-0.39, 0.29) is 10.5 Å². The minimum atomic E-state index is -3.35. The summed E-state index contributed by atoms with van der Waals surface area (Å²) in [6, 6.07) is 7.53. The van der Waals surface area contributed by atoms with Crippen LogP contribution >= 0.6 is 11.6 Å². The highest BCUT2D eigenvalue weighted by Gasteiger charge is 2.12. The molecule has 1 heterocycles. The Hall–Kier alpha value is -1.92. The number of halogens is 1. The Morgan fingerprint density at radius 3 is 2.62 bits per heavy atom. The lowest BCUT2D eigenvalue weighted by molar-refractivity contribution is 0.102. The number of aromatic nitrogens is 1. The normalized spacial score (nSPS) is 11.2. The summed E-state index contributed by atoms with van der Waals surface area (Å²) in [6.45, 7) is 1.77. The largest absolute Gasteiger partial charge is 0.321 e. The molecule has 0 fully saturated rings. The highest BCUT2D eigenvalue weighted by atomic mass is 35.5. The van der Waals surface area contributed by atoms with Gasteiger partial charge in [0.15, 0.2) is 9.84 Å². The molecular weight excluding hydrogens is 312 g/mol. The van der Waals surface area contributed by atoms with Crippen LogP contribution in [-0.4, -0.2) is 25.6 Å². The first-order valence-electron chi connectivity index (χ1n) is 6.01. The minimum absolute atomic E-state index is 0.0977. The van der Waals surface area contributed by atoms with Gasteiger partial charge in [-0.15, -0.1) is 0 Å². The van der Waals surface area contributed by atoms with Crippen molar-refractivity contribution in [2.75, 3.05) is 11.6 Å². The molecule has 0 atom stereocenters. The first-order valence-corrected chi connectivity index (χ1v) is 8.28. The van der Waals surface area contributed by atoms with Gasteiger partial charge in [0.2, 0.25) is 0 Å². The number of carbonyl (C=O) groups excluding carboxylic acids is 1. The van der Waals surface area contributed by atoms with Crippen molar-refractivity contribution in [3.05, 3.63) is 52.8 Å². The third-order valence-electron chi connectivity index (χ3n) is 2.80. The molecule has 7 heteroatoms. The predicted molar refractivity (Wildman–Crippen MR) is 81.5 cm³/mol. The number of rotatable bonds is 3.